The first-order chi connectivity index (χ1) is 8.16. The zero-order valence-electron chi connectivity index (χ0n) is 10.1. The molecule has 0 aromatic carbocycles. The van der Waals surface area contributed by atoms with Gasteiger partial charge in [-0.25, -0.2) is 4.98 Å². The van der Waals surface area contributed by atoms with Crippen LogP contribution in [0.3, 0.4) is 0 Å². The molecule has 17 heavy (non-hydrogen) atoms. The molecule has 0 radical (unpaired) electrons. The van der Waals surface area contributed by atoms with Crippen molar-refractivity contribution < 1.29 is 9.47 Å². The first-order valence-electron chi connectivity index (χ1n) is 5.79. The minimum absolute atomic E-state index is 0.174. The summed E-state index contributed by atoms with van der Waals surface area (Å²) in [5.74, 6) is 0.881. The summed E-state index contributed by atoms with van der Waals surface area (Å²) in [4.78, 5) is 4.54. The van der Waals surface area contributed by atoms with Crippen LogP contribution in [0.4, 0.5) is 5.82 Å². The standard InChI is InChI=1S/C12H17N3O2/c1-16-11(17-2)9-4-3-8-10(15-9)14-7-5-12(8,13)6-7/h3-4,7,11H,5-6,13H2,1-2H3,(H,14,15). The van der Waals surface area contributed by atoms with Crippen molar-refractivity contribution in [1.29, 1.82) is 0 Å². The highest BCUT2D eigenvalue weighted by Crippen LogP contribution is 2.47. The molecule has 0 unspecified atom stereocenters. The van der Waals surface area contributed by atoms with Crippen molar-refractivity contribution in [2.45, 2.75) is 30.7 Å². The summed E-state index contributed by atoms with van der Waals surface area (Å²) in [6.07, 6.45) is 1.58. The Morgan fingerprint density at radius 2 is 2.12 bits per heavy atom. The molecule has 3 N–H and O–H groups in total. The lowest BCUT2D eigenvalue weighted by atomic mass is 9.66. The number of nitrogens with zero attached hydrogens (tertiary/aromatic N) is 1. The van der Waals surface area contributed by atoms with Gasteiger partial charge in [0.15, 0.2) is 0 Å². The van der Waals surface area contributed by atoms with Crippen LogP contribution in [0.5, 0.6) is 0 Å². The fourth-order valence-corrected chi connectivity index (χ4v) is 2.79. The molecule has 5 nitrogen and oxygen atoms in total. The maximum absolute atomic E-state index is 6.30. The molecule has 1 fully saturated rings. The Morgan fingerprint density at radius 1 is 1.41 bits per heavy atom. The van der Waals surface area contributed by atoms with E-state index in [-0.39, 0.29) is 5.54 Å². The van der Waals surface area contributed by atoms with Crippen LogP contribution in [0.2, 0.25) is 0 Å². The van der Waals surface area contributed by atoms with E-state index in [9.17, 15) is 0 Å². The summed E-state index contributed by atoms with van der Waals surface area (Å²) < 4.78 is 10.4. The van der Waals surface area contributed by atoms with Crippen molar-refractivity contribution >= 4 is 5.82 Å². The Hall–Kier alpha value is -1.17. The number of anilines is 1. The SMILES string of the molecule is COC(OC)c1ccc2c(n1)NC1CC2(N)C1. The molecule has 3 aliphatic rings. The van der Waals surface area contributed by atoms with Gasteiger partial charge in [-0.05, 0) is 18.9 Å². The minimum atomic E-state index is -0.422. The molecule has 2 bridgehead atoms. The maximum Gasteiger partial charge on any atom is 0.200 e. The molecule has 1 aromatic rings. The van der Waals surface area contributed by atoms with Crippen molar-refractivity contribution in [3.8, 4) is 0 Å². The highest BCUT2D eigenvalue weighted by Gasteiger charge is 2.48. The first-order valence-corrected chi connectivity index (χ1v) is 5.79. The van der Waals surface area contributed by atoms with Crippen molar-refractivity contribution in [3.05, 3.63) is 23.4 Å². The average Bonchev–Trinajstić information content (AvgIpc) is 2.29. The Labute approximate surface area is 100 Å². The van der Waals surface area contributed by atoms with Crippen LogP contribution in [0.1, 0.15) is 30.4 Å². The van der Waals surface area contributed by atoms with Crippen LogP contribution < -0.4 is 11.1 Å². The summed E-state index contributed by atoms with van der Waals surface area (Å²) in [6, 6.07) is 4.43. The van der Waals surface area contributed by atoms with Crippen LogP contribution in [0, 0.1) is 0 Å². The van der Waals surface area contributed by atoms with E-state index in [0.29, 0.717) is 6.04 Å². The van der Waals surface area contributed by atoms with Crippen molar-refractivity contribution in [3.63, 3.8) is 0 Å². The Balaban J connectivity index is 1.97. The molecule has 3 heterocycles. The molecule has 0 atom stereocenters. The molecule has 0 spiro atoms. The lowest BCUT2D eigenvalue weighted by Crippen LogP contribution is -2.58. The predicted molar refractivity (Wildman–Crippen MR) is 63.5 cm³/mol. The van der Waals surface area contributed by atoms with E-state index in [1.165, 1.54) is 0 Å². The zero-order chi connectivity index (χ0) is 12.0. The number of pyridine rings is 1. The van der Waals surface area contributed by atoms with Gasteiger partial charge in [0.05, 0.1) is 5.69 Å². The number of methoxy groups -OCH3 is 2. The van der Waals surface area contributed by atoms with E-state index in [2.05, 4.69) is 10.3 Å². The van der Waals surface area contributed by atoms with Gasteiger partial charge in [-0.15, -0.1) is 0 Å². The topological polar surface area (TPSA) is 69.4 Å². The van der Waals surface area contributed by atoms with E-state index in [0.717, 1.165) is 29.9 Å². The number of ether oxygens (including phenoxy) is 2. The predicted octanol–water partition coefficient (Wildman–Crippen LogP) is 1.11. The number of nitrogens with two attached hydrogens (primary N) is 1. The van der Waals surface area contributed by atoms with E-state index in [4.69, 9.17) is 15.2 Å². The summed E-state index contributed by atoms with van der Waals surface area (Å²) in [5.41, 5.74) is 8.01. The van der Waals surface area contributed by atoms with E-state index < -0.39 is 6.29 Å². The summed E-state index contributed by atoms with van der Waals surface area (Å²) in [6.45, 7) is 0. The maximum atomic E-state index is 6.30. The van der Waals surface area contributed by atoms with Crippen LogP contribution in [0.25, 0.3) is 0 Å². The van der Waals surface area contributed by atoms with Gasteiger partial charge in [0.25, 0.3) is 0 Å². The van der Waals surface area contributed by atoms with Gasteiger partial charge in [-0.1, -0.05) is 6.07 Å². The molecule has 92 valence electrons. The van der Waals surface area contributed by atoms with Gasteiger partial charge in [-0.3, -0.25) is 0 Å². The third kappa shape index (κ3) is 1.54. The summed E-state index contributed by atoms with van der Waals surface area (Å²) in [7, 11) is 3.20. The second-order valence-electron chi connectivity index (χ2n) is 4.84. The lowest BCUT2D eigenvalue weighted by Gasteiger charge is -2.51. The normalized spacial score (nSPS) is 29.5. The van der Waals surface area contributed by atoms with Gasteiger partial charge < -0.3 is 20.5 Å². The van der Waals surface area contributed by atoms with Crippen molar-refractivity contribution in [2.24, 2.45) is 5.73 Å². The summed E-state index contributed by atoms with van der Waals surface area (Å²) >= 11 is 0. The van der Waals surface area contributed by atoms with E-state index in [1.807, 2.05) is 12.1 Å². The second-order valence-corrected chi connectivity index (χ2v) is 4.84. The smallest absolute Gasteiger partial charge is 0.200 e. The molecule has 2 aliphatic heterocycles. The largest absolute Gasteiger partial charge is 0.367 e. The number of rotatable bonds is 3. The fraction of sp³-hybridized carbons (Fsp3) is 0.583. The molecule has 5 heteroatoms. The van der Waals surface area contributed by atoms with Gasteiger partial charge in [0.2, 0.25) is 6.29 Å². The molecule has 1 saturated carbocycles. The molecule has 1 aliphatic carbocycles. The van der Waals surface area contributed by atoms with E-state index >= 15 is 0 Å². The molecule has 0 saturated heterocycles. The Morgan fingerprint density at radius 3 is 2.76 bits per heavy atom. The zero-order valence-corrected chi connectivity index (χ0v) is 10.1. The minimum Gasteiger partial charge on any atom is -0.367 e. The van der Waals surface area contributed by atoms with Crippen LogP contribution in [-0.4, -0.2) is 25.2 Å². The molecular weight excluding hydrogens is 218 g/mol. The molecule has 0 amide bonds. The van der Waals surface area contributed by atoms with Gasteiger partial charge in [-0.2, -0.15) is 0 Å². The van der Waals surface area contributed by atoms with Gasteiger partial charge in [0.1, 0.15) is 5.82 Å². The molecule has 1 aromatic heterocycles. The average molecular weight is 235 g/mol. The number of hydrogen-bond acceptors (Lipinski definition) is 5. The van der Waals surface area contributed by atoms with Crippen LogP contribution in [-0.2, 0) is 15.0 Å². The Kier molecular flexibility index (Phi) is 2.36. The van der Waals surface area contributed by atoms with Crippen LogP contribution >= 0.6 is 0 Å². The quantitative estimate of drug-likeness (QED) is 0.768. The fourth-order valence-electron chi connectivity index (χ4n) is 2.79. The van der Waals surface area contributed by atoms with E-state index in [1.54, 1.807) is 14.2 Å². The lowest BCUT2D eigenvalue weighted by molar-refractivity contribution is -0.108. The molecule has 4 rings (SSSR count). The van der Waals surface area contributed by atoms with Gasteiger partial charge >= 0.3 is 0 Å². The third-order valence-corrected chi connectivity index (χ3v) is 3.68. The van der Waals surface area contributed by atoms with Crippen LogP contribution in [0.15, 0.2) is 12.1 Å². The third-order valence-electron chi connectivity index (χ3n) is 3.68. The second kappa shape index (κ2) is 3.66. The van der Waals surface area contributed by atoms with Crippen molar-refractivity contribution in [1.82, 2.24) is 4.98 Å². The summed E-state index contributed by atoms with van der Waals surface area (Å²) in [5, 5.41) is 3.39. The first kappa shape index (κ1) is 11.0. The molecular formula is C12H17N3O2. The number of aromatic nitrogens is 1. The highest BCUT2D eigenvalue weighted by molar-refractivity contribution is 5.56. The highest BCUT2D eigenvalue weighted by atomic mass is 16.7. The number of hydrogen-bond donors (Lipinski definition) is 2. The Bertz CT molecular complexity index is 439. The monoisotopic (exact) mass is 235 g/mol. The van der Waals surface area contributed by atoms with Gasteiger partial charge in [0, 0.05) is 31.4 Å². The van der Waals surface area contributed by atoms with Crippen molar-refractivity contribution in [2.75, 3.05) is 19.5 Å². The number of nitrogens with one attached hydrogen (secondary N) is 1.